The molecular weight excluding hydrogens is 390 g/mol. The van der Waals surface area contributed by atoms with Gasteiger partial charge in [-0.2, -0.15) is 4.68 Å². The second kappa shape index (κ2) is 10.3. The van der Waals surface area contributed by atoms with Crippen molar-refractivity contribution in [3.8, 4) is 11.4 Å². The Bertz CT molecular complexity index is 967. The second-order valence-electron chi connectivity index (χ2n) is 6.10. The zero-order valence-corrected chi connectivity index (χ0v) is 16.8. The number of tetrazole rings is 1. The molecule has 0 saturated heterocycles. The van der Waals surface area contributed by atoms with Crippen LogP contribution in [-0.2, 0) is 14.3 Å². The van der Waals surface area contributed by atoms with Crippen molar-refractivity contribution in [2.75, 3.05) is 13.2 Å². The smallest absolute Gasteiger partial charge is 0.357 e. The van der Waals surface area contributed by atoms with E-state index >= 15 is 0 Å². The molecule has 1 amide bonds. The minimum Gasteiger partial charge on any atom is -0.451 e. The third-order valence-electron chi connectivity index (χ3n) is 3.95. The number of nitrogens with zero attached hydrogens (tertiary/aromatic N) is 4. The van der Waals surface area contributed by atoms with E-state index in [1.54, 1.807) is 6.08 Å². The molecule has 0 unspecified atom stereocenters. The normalized spacial score (nSPS) is 11.3. The number of carbonyl (C=O) groups excluding carboxylic acids is 2. The lowest BCUT2D eigenvalue weighted by Crippen LogP contribution is -2.30. The molecule has 2 heterocycles. The van der Waals surface area contributed by atoms with Crippen LogP contribution in [0.1, 0.15) is 24.6 Å². The minimum absolute atomic E-state index is 0.123. The summed E-state index contributed by atoms with van der Waals surface area (Å²) in [6.45, 7) is 2.22. The van der Waals surface area contributed by atoms with Crippen molar-refractivity contribution in [1.29, 1.82) is 0 Å². The first-order valence-corrected chi connectivity index (χ1v) is 10.1. The molecule has 1 N–H and O–H groups in total. The van der Waals surface area contributed by atoms with Gasteiger partial charge in [-0.1, -0.05) is 49.7 Å². The molecule has 0 aliphatic carbocycles. The van der Waals surface area contributed by atoms with Crippen molar-refractivity contribution < 1.29 is 14.3 Å². The number of hydrogen-bond donors (Lipinski definition) is 1. The highest BCUT2D eigenvalue weighted by molar-refractivity contribution is 7.10. The summed E-state index contributed by atoms with van der Waals surface area (Å²) in [5.74, 6) is -0.631. The number of aromatic nitrogens is 4. The fraction of sp³-hybridized carbons (Fsp3) is 0.250. The summed E-state index contributed by atoms with van der Waals surface area (Å²) in [6.07, 6.45) is 3.48. The predicted octanol–water partition coefficient (Wildman–Crippen LogP) is 2.86. The zero-order valence-electron chi connectivity index (χ0n) is 15.9. The van der Waals surface area contributed by atoms with Crippen LogP contribution in [0.15, 0.2) is 47.8 Å². The highest BCUT2D eigenvalue weighted by Gasteiger charge is 2.21. The Labute approximate surface area is 172 Å². The molecule has 0 radical (unpaired) electrons. The van der Waals surface area contributed by atoms with E-state index in [2.05, 4.69) is 20.8 Å². The van der Waals surface area contributed by atoms with E-state index in [-0.39, 0.29) is 18.2 Å². The van der Waals surface area contributed by atoms with Gasteiger partial charge in [-0.3, -0.25) is 4.79 Å². The second-order valence-corrected chi connectivity index (χ2v) is 7.08. The van der Waals surface area contributed by atoms with Gasteiger partial charge in [-0.15, -0.1) is 16.4 Å². The summed E-state index contributed by atoms with van der Waals surface area (Å²) in [7, 11) is 0. The first-order valence-electron chi connectivity index (χ1n) is 9.22. The lowest BCUT2D eigenvalue weighted by Gasteiger charge is -2.10. The quantitative estimate of drug-likeness (QED) is 0.330. The van der Waals surface area contributed by atoms with Gasteiger partial charge in [0, 0.05) is 17.0 Å². The highest BCUT2D eigenvalue weighted by atomic mass is 32.1. The molecule has 29 heavy (non-hydrogen) atoms. The number of esters is 1. The number of carbonyl (C=O) groups is 2. The molecule has 2 aromatic heterocycles. The molecule has 0 spiro atoms. The standard InChI is InChI=1S/C20H21N5O3S/c1-2-3-11-21-18(26)14-28-20(27)17(13-16-10-7-12-29-16)25-19(22-23-24-25)15-8-5-4-6-9-15/h4-10,12-13H,2-3,11,14H2,1H3,(H,21,26)/b17-13-. The topological polar surface area (TPSA) is 99.0 Å². The summed E-state index contributed by atoms with van der Waals surface area (Å²) >= 11 is 1.46. The van der Waals surface area contributed by atoms with Gasteiger partial charge in [0.05, 0.1) is 0 Å². The SMILES string of the molecule is CCCCNC(=O)COC(=O)/C(=C/c1cccs1)n1nnnc1-c1ccccc1. The Morgan fingerprint density at radius 3 is 2.76 bits per heavy atom. The molecule has 3 rings (SSSR count). The summed E-state index contributed by atoms with van der Waals surface area (Å²) < 4.78 is 6.55. The molecule has 1 aromatic carbocycles. The molecule has 0 aliphatic rings. The summed E-state index contributed by atoms with van der Waals surface area (Å²) in [5.41, 5.74) is 0.873. The third-order valence-corrected chi connectivity index (χ3v) is 4.77. The van der Waals surface area contributed by atoms with E-state index in [0.717, 1.165) is 23.3 Å². The van der Waals surface area contributed by atoms with E-state index in [9.17, 15) is 9.59 Å². The van der Waals surface area contributed by atoms with Crippen LogP contribution in [-0.4, -0.2) is 45.2 Å². The number of benzene rings is 1. The van der Waals surface area contributed by atoms with Gasteiger partial charge >= 0.3 is 5.97 Å². The Morgan fingerprint density at radius 1 is 1.21 bits per heavy atom. The van der Waals surface area contributed by atoms with Gasteiger partial charge in [0.25, 0.3) is 5.91 Å². The van der Waals surface area contributed by atoms with E-state index in [1.165, 1.54) is 16.0 Å². The molecule has 0 aliphatic heterocycles. The fourth-order valence-corrected chi connectivity index (χ4v) is 3.14. The van der Waals surface area contributed by atoms with Gasteiger partial charge < -0.3 is 10.1 Å². The summed E-state index contributed by atoms with van der Waals surface area (Å²) in [5, 5.41) is 16.3. The number of nitrogens with one attached hydrogen (secondary N) is 1. The Kier molecular flexibility index (Phi) is 7.23. The van der Waals surface area contributed by atoms with E-state index in [1.807, 2.05) is 54.8 Å². The number of unbranched alkanes of at least 4 members (excludes halogenated alkanes) is 1. The van der Waals surface area contributed by atoms with E-state index < -0.39 is 5.97 Å². The van der Waals surface area contributed by atoms with Gasteiger partial charge in [0.15, 0.2) is 18.1 Å². The van der Waals surface area contributed by atoms with Crippen molar-refractivity contribution in [3.63, 3.8) is 0 Å². The van der Waals surface area contributed by atoms with Crippen molar-refractivity contribution in [2.24, 2.45) is 0 Å². The van der Waals surface area contributed by atoms with Gasteiger partial charge in [0.1, 0.15) is 0 Å². The average Bonchev–Trinajstić information content (AvgIpc) is 3.43. The van der Waals surface area contributed by atoms with Gasteiger partial charge in [-0.05, 0) is 34.4 Å². The van der Waals surface area contributed by atoms with Crippen LogP contribution in [0.2, 0.25) is 0 Å². The lowest BCUT2D eigenvalue weighted by molar-refractivity contribution is -0.143. The highest BCUT2D eigenvalue weighted by Crippen LogP contribution is 2.22. The van der Waals surface area contributed by atoms with Crippen LogP contribution in [0.3, 0.4) is 0 Å². The maximum atomic E-state index is 12.8. The molecule has 0 atom stereocenters. The van der Waals surface area contributed by atoms with Crippen LogP contribution in [0.4, 0.5) is 0 Å². The van der Waals surface area contributed by atoms with Crippen molar-refractivity contribution in [2.45, 2.75) is 19.8 Å². The first-order chi connectivity index (χ1) is 14.2. The van der Waals surface area contributed by atoms with Crippen LogP contribution in [0, 0.1) is 0 Å². The minimum atomic E-state index is -0.687. The molecule has 0 bridgehead atoms. The predicted molar refractivity (Wildman–Crippen MR) is 111 cm³/mol. The number of hydrogen-bond acceptors (Lipinski definition) is 7. The first kappa shape index (κ1) is 20.4. The molecule has 0 fully saturated rings. The molecule has 0 saturated carbocycles. The van der Waals surface area contributed by atoms with E-state index in [4.69, 9.17) is 4.74 Å². The van der Waals surface area contributed by atoms with Crippen molar-refractivity contribution >= 4 is 35.0 Å². The van der Waals surface area contributed by atoms with Crippen LogP contribution < -0.4 is 5.32 Å². The average molecular weight is 411 g/mol. The fourth-order valence-electron chi connectivity index (χ4n) is 2.49. The van der Waals surface area contributed by atoms with Crippen LogP contribution >= 0.6 is 11.3 Å². The van der Waals surface area contributed by atoms with Crippen molar-refractivity contribution in [3.05, 3.63) is 52.7 Å². The molecule has 3 aromatic rings. The van der Waals surface area contributed by atoms with Crippen LogP contribution in [0.5, 0.6) is 0 Å². The monoisotopic (exact) mass is 411 g/mol. The van der Waals surface area contributed by atoms with Crippen LogP contribution in [0.25, 0.3) is 23.2 Å². The Hall–Kier alpha value is -3.33. The number of thiophene rings is 1. The third kappa shape index (κ3) is 5.58. The number of rotatable bonds is 9. The largest absolute Gasteiger partial charge is 0.451 e. The number of amides is 1. The maximum Gasteiger partial charge on any atom is 0.357 e. The summed E-state index contributed by atoms with van der Waals surface area (Å²) in [4.78, 5) is 25.5. The molecule has 9 heteroatoms. The van der Waals surface area contributed by atoms with E-state index in [0.29, 0.717) is 12.4 Å². The maximum absolute atomic E-state index is 12.8. The Morgan fingerprint density at radius 2 is 2.03 bits per heavy atom. The number of ether oxygens (including phenoxy) is 1. The van der Waals surface area contributed by atoms with Gasteiger partial charge in [-0.25, -0.2) is 4.79 Å². The molecule has 8 nitrogen and oxygen atoms in total. The zero-order chi connectivity index (χ0) is 20.5. The van der Waals surface area contributed by atoms with Crippen molar-refractivity contribution in [1.82, 2.24) is 25.5 Å². The summed E-state index contributed by atoms with van der Waals surface area (Å²) in [6, 6.07) is 13.0. The molecular formula is C20H21N5O3S. The molecule has 150 valence electrons. The lowest BCUT2D eigenvalue weighted by atomic mass is 10.2. The van der Waals surface area contributed by atoms with Gasteiger partial charge in [0.2, 0.25) is 0 Å². The Balaban J connectivity index is 1.83.